The molecule has 1 aromatic carbocycles. The number of benzene rings is 1. The van der Waals surface area contributed by atoms with Gasteiger partial charge >= 0.3 is 6.09 Å². The lowest BCUT2D eigenvalue weighted by molar-refractivity contribution is 0.109. The molecule has 0 bridgehead atoms. The van der Waals surface area contributed by atoms with E-state index in [4.69, 9.17) is 4.74 Å². The van der Waals surface area contributed by atoms with Crippen LogP contribution in [0.25, 0.3) is 0 Å². The number of nitrogens with one attached hydrogen (secondary N) is 1. The van der Waals surface area contributed by atoms with Crippen LogP contribution < -0.4 is 5.32 Å². The molecule has 0 unspecified atom stereocenters. The Bertz CT molecular complexity index is 487. The summed E-state index contributed by atoms with van der Waals surface area (Å²) in [7, 11) is 1.41. The Labute approximate surface area is 131 Å². The van der Waals surface area contributed by atoms with Crippen LogP contribution in [0.4, 0.5) is 9.18 Å². The van der Waals surface area contributed by atoms with Gasteiger partial charge in [0.15, 0.2) is 0 Å². The summed E-state index contributed by atoms with van der Waals surface area (Å²) in [5, 5.41) is 3.58. The molecule has 1 amide bonds. The van der Waals surface area contributed by atoms with Crippen LogP contribution in [-0.4, -0.2) is 43.3 Å². The Morgan fingerprint density at radius 1 is 1.41 bits per heavy atom. The minimum atomic E-state index is -0.244. The number of carbonyl (C=O) groups is 1. The monoisotopic (exact) mass is 308 g/mol. The second kappa shape index (κ2) is 8.13. The molecule has 1 atom stereocenters. The van der Waals surface area contributed by atoms with Crippen molar-refractivity contribution in [3.05, 3.63) is 35.6 Å². The van der Waals surface area contributed by atoms with Gasteiger partial charge in [-0.25, -0.2) is 9.18 Å². The SMILES string of the molecule is COC(=O)N1CCC(N[C@@H](C)CCc2ccccc2F)CC1. The quantitative estimate of drug-likeness (QED) is 0.909. The molecule has 22 heavy (non-hydrogen) atoms. The Kier molecular flexibility index (Phi) is 6.19. The molecule has 1 fully saturated rings. The third-order valence-corrected chi connectivity index (χ3v) is 4.25. The number of ether oxygens (including phenoxy) is 1. The molecule has 5 heteroatoms. The van der Waals surface area contributed by atoms with Crippen LogP contribution in [-0.2, 0) is 11.2 Å². The van der Waals surface area contributed by atoms with Gasteiger partial charge in [0, 0.05) is 25.2 Å². The van der Waals surface area contributed by atoms with Gasteiger partial charge in [0.1, 0.15) is 5.82 Å². The van der Waals surface area contributed by atoms with Crippen molar-refractivity contribution in [2.24, 2.45) is 0 Å². The van der Waals surface area contributed by atoms with Crippen LogP contribution in [0, 0.1) is 5.82 Å². The molecular formula is C17H25FN2O2. The molecule has 0 spiro atoms. The molecule has 1 aromatic rings. The third kappa shape index (κ3) is 4.70. The van der Waals surface area contributed by atoms with Crippen molar-refractivity contribution < 1.29 is 13.9 Å². The Balaban J connectivity index is 1.71. The summed E-state index contributed by atoms with van der Waals surface area (Å²) in [5.41, 5.74) is 0.775. The summed E-state index contributed by atoms with van der Waals surface area (Å²) in [6.45, 7) is 3.59. The van der Waals surface area contributed by atoms with Crippen LogP contribution in [0.15, 0.2) is 24.3 Å². The van der Waals surface area contributed by atoms with Crippen molar-refractivity contribution in [2.75, 3.05) is 20.2 Å². The molecule has 4 nitrogen and oxygen atoms in total. The first kappa shape index (κ1) is 16.7. The molecule has 1 aliphatic heterocycles. The number of rotatable bonds is 5. The number of amides is 1. The minimum absolute atomic E-state index is 0.124. The third-order valence-electron chi connectivity index (χ3n) is 4.25. The van der Waals surface area contributed by atoms with Crippen LogP contribution in [0.3, 0.4) is 0 Å². The maximum atomic E-state index is 13.6. The van der Waals surface area contributed by atoms with E-state index in [0.717, 1.165) is 44.3 Å². The van der Waals surface area contributed by atoms with E-state index in [9.17, 15) is 9.18 Å². The fourth-order valence-electron chi connectivity index (χ4n) is 2.92. The Morgan fingerprint density at radius 2 is 2.09 bits per heavy atom. The van der Waals surface area contributed by atoms with Gasteiger partial charge in [-0.2, -0.15) is 0 Å². The second-order valence-electron chi connectivity index (χ2n) is 5.93. The van der Waals surface area contributed by atoms with Gasteiger partial charge in [0.25, 0.3) is 0 Å². The average Bonchev–Trinajstić information content (AvgIpc) is 2.54. The molecule has 1 aliphatic rings. The molecule has 1 saturated heterocycles. The van der Waals surface area contributed by atoms with Crippen molar-refractivity contribution in [3.8, 4) is 0 Å². The number of hydrogen-bond donors (Lipinski definition) is 1. The molecule has 1 heterocycles. The number of aryl methyl sites for hydroxylation is 1. The molecule has 122 valence electrons. The molecular weight excluding hydrogens is 283 g/mol. The van der Waals surface area contributed by atoms with Gasteiger partial charge in [-0.1, -0.05) is 18.2 Å². The van der Waals surface area contributed by atoms with E-state index in [0.29, 0.717) is 12.1 Å². The predicted octanol–water partition coefficient (Wildman–Crippen LogP) is 2.97. The summed E-state index contributed by atoms with van der Waals surface area (Å²) in [6.07, 6.45) is 3.25. The van der Waals surface area contributed by atoms with E-state index in [1.807, 2.05) is 12.1 Å². The zero-order chi connectivity index (χ0) is 15.9. The lowest BCUT2D eigenvalue weighted by atomic mass is 10.0. The lowest BCUT2D eigenvalue weighted by Crippen LogP contribution is -2.47. The van der Waals surface area contributed by atoms with Crippen molar-refractivity contribution in [1.82, 2.24) is 10.2 Å². The second-order valence-corrected chi connectivity index (χ2v) is 5.93. The van der Waals surface area contributed by atoms with Crippen molar-refractivity contribution in [1.29, 1.82) is 0 Å². The van der Waals surface area contributed by atoms with Gasteiger partial charge in [-0.3, -0.25) is 0 Å². The van der Waals surface area contributed by atoms with E-state index >= 15 is 0 Å². The van der Waals surface area contributed by atoms with Gasteiger partial charge in [-0.15, -0.1) is 0 Å². The number of nitrogens with zero attached hydrogens (tertiary/aromatic N) is 1. The van der Waals surface area contributed by atoms with Gasteiger partial charge in [0.05, 0.1) is 7.11 Å². The van der Waals surface area contributed by atoms with Crippen LogP contribution in [0.5, 0.6) is 0 Å². The van der Waals surface area contributed by atoms with Crippen LogP contribution in [0.2, 0.25) is 0 Å². The molecule has 0 aliphatic carbocycles. The van der Waals surface area contributed by atoms with Crippen molar-refractivity contribution in [3.63, 3.8) is 0 Å². The van der Waals surface area contributed by atoms with E-state index < -0.39 is 0 Å². The first-order valence-corrected chi connectivity index (χ1v) is 7.92. The van der Waals surface area contributed by atoms with E-state index in [1.54, 1.807) is 11.0 Å². The van der Waals surface area contributed by atoms with Gasteiger partial charge in [-0.05, 0) is 44.2 Å². The van der Waals surface area contributed by atoms with Crippen molar-refractivity contribution >= 4 is 6.09 Å². The fourth-order valence-corrected chi connectivity index (χ4v) is 2.92. The van der Waals surface area contributed by atoms with Gasteiger partial charge in [0.2, 0.25) is 0 Å². The highest BCUT2D eigenvalue weighted by molar-refractivity contribution is 5.67. The average molecular weight is 308 g/mol. The molecule has 0 radical (unpaired) electrons. The smallest absolute Gasteiger partial charge is 0.409 e. The summed E-state index contributed by atoms with van der Waals surface area (Å²) in [5.74, 6) is -0.124. The standard InChI is InChI=1S/C17H25FN2O2/c1-13(7-8-14-5-3-4-6-16(14)18)19-15-9-11-20(12-10-15)17(21)22-2/h3-6,13,15,19H,7-12H2,1-2H3/t13-/m0/s1. The normalized spacial score (nSPS) is 17.3. The largest absolute Gasteiger partial charge is 0.453 e. The Morgan fingerprint density at radius 3 is 2.73 bits per heavy atom. The number of halogens is 1. The summed E-state index contributed by atoms with van der Waals surface area (Å²) in [6, 6.07) is 7.69. The van der Waals surface area contributed by atoms with Gasteiger partial charge < -0.3 is 15.0 Å². The lowest BCUT2D eigenvalue weighted by Gasteiger charge is -2.33. The maximum absolute atomic E-state index is 13.6. The molecule has 0 saturated carbocycles. The number of hydrogen-bond acceptors (Lipinski definition) is 3. The zero-order valence-corrected chi connectivity index (χ0v) is 13.3. The summed E-state index contributed by atoms with van der Waals surface area (Å²) < 4.78 is 18.3. The van der Waals surface area contributed by atoms with Crippen molar-refractivity contribution in [2.45, 2.75) is 44.7 Å². The highest BCUT2D eigenvalue weighted by Crippen LogP contribution is 2.14. The number of likely N-dealkylation sites (tertiary alicyclic amines) is 1. The predicted molar refractivity (Wildman–Crippen MR) is 84.3 cm³/mol. The van der Waals surface area contributed by atoms with Crippen LogP contribution in [0.1, 0.15) is 31.7 Å². The first-order valence-electron chi connectivity index (χ1n) is 7.92. The highest BCUT2D eigenvalue weighted by atomic mass is 19.1. The number of methoxy groups -OCH3 is 1. The van der Waals surface area contributed by atoms with E-state index in [1.165, 1.54) is 13.2 Å². The minimum Gasteiger partial charge on any atom is -0.453 e. The number of piperidine rings is 1. The van der Waals surface area contributed by atoms with Crippen LogP contribution >= 0.6 is 0 Å². The maximum Gasteiger partial charge on any atom is 0.409 e. The number of carbonyl (C=O) groups excluding carboxylic acids is 1. The first-order chi connectivity index (χ1) is 10.6. The summed E-state index contributed by atoms with van der Waals surface area (Å²) >= 11 is 0. The molecule has 1 N–H and O–H groups in total. The Hall–Kier alpha value is -1.62. The fraction of sp³-hybridized carbons (Fsp3) is 0.588. The topological polar surface area (TPSA) is 41.6 Å². The van der Waals surface area contributed by atoms with E-state index in [-0.39, 0.29) is 11.9 Å². The molecule has 0 aromatic heterocycles. The zero-order valence-electron chi connectivity index (χ0n) is 13.3. The van der Waals surface area contributed by atoms with E-state index in [2.05, 4.69) is 12.2 Å². The molecule has 2 rings (SSSR count). The highest BCUT2D eigenvalue weighted by Gasteiger charge is 2.23. The summed E-state index contributed by atoms with van der Waals surface area (Å²) in [4.78, 5) is 13.2.